The molecular formula is C22H21N5O3. The van der Waals surface area contributed by atoms with Crippen LogP contribution >= 0.6 is 0 Å². The van der Waals surface area contributed by atoms with Gasteiger partial charge in [0.05, 0.1) is 18.7 Å². The predicted molar refractivity (Wildman–Crippen MR) is 109 cm³/mol. The average molecular weight is 403 g/mol. The number of aryl methyl sites for hydroxylation is 1. The molecule has 1 heterocycles. The fourth-order valence-electron chi connectivity index (χ4n) is 2.86. The molecule has 1 aromatic heterocycles. The van der Waals surface area contributed by atoms with Crippen LogP contribution in [0.1, 0.15) is 34.2 Å². The molecule has 8 heteroatoms. The maximum atomic E-state index is 12.4. The first-order chi connectivity index (χ1) is 14.5. The van der Waals surface area contributed by atoms with E-state index < -0.39 is 5.97 Å². The predicted octanol–water partition coefficient (Wildman–Crippen LogP) is 2.48. The van der Waals surface area contributed by atoms with Gasteiger partial charge in [-0.2, -0.15) is 5.26 Å². The number of benzene rings is 2. The van der Waals surface area contributed by atoms with Gasteiger partial charge in [0, 0.05) is 12.1 Å². The lowest BCUT2D eigenvalue weighted by Crippen LogP contribution is -2.29. The molecule has 30 heavy (non-hydrogen) atoms. The highest BCUT2D eigenvalue weighted by atomic mass is 16.5. The second-order valence-electron chi connectivity index (χ2n) is 6.55. The molecule has 0 fully saturated rings. The fourth-order valence-corrected chi connectivity index (χ4v) is 2.86. The number of rotatable bonds is 7. The Hall–Kier alpha value is -3.99. The van der Waals surface area contributed by atoms with Crippen LogP contribution in [-0.2, 0) is 29.0 Å². The van der Waals surface area contributed by atoms with E-state index in [1.165, 1.54) is 17.4 Å². The van der Waals surface area contributed by atoms with Crippen LogP contribution in [0.15, 0.2) is 48.5 Å². The molecule has 1 N–H and O–H groups in total. The molecule has 3 aromatic rings. The highest BCUT2D eigenvalue weighted by Gasteiger charge is 2.20. The molecule has 0 saturated heterocycles. The zero-order chi connectivity index (χ0) is 21.5. The number of ether oxygens (including phenoxy) is 1. The van der Waals surface area contributed by atoms with Crippen LogP contribution in [0, 0.1) is 11.3 Å². The van der Waals surface area contributed by atoms with Gasteiger partial charge in [0.15, 0.2) is 5.82 Å². The van der Waals surface area contributed by atoms with Crippen LogP contribution in [0.2, 0.25) is 0 Å². The van der Waals surface area contributed by atoms with Crippen molar-refractivity contribution in [3.8, 4) is 17.5 Å². The van der Waals surface area contributed by atoms with Crippen molar-refractivity contribution in [1.29, 1.82) is 5.26 Å². The molecule has 0 saturated carbocycles. The van der Waals surface area contributed by atoms with Gasteiger partial charge in [-0.25, -0.2) is 14.5 Å². The Morgan fingerprint density at radius 3 is 2.57 bits per heavy atom. The standard InChI is InChI=1S/C22H21N5O3/c1-3-15-5-4-6-17(11-15)13-24-19(28)14-27-21(22(29)30-2)25-20(26-27)18-9-7-16(12-23)8-10-18/h4-11H,3,13-14H2,1-2H3,(H,24,28). The van der Waals surface area contributed by atoms with E-state index in [9.17, 15) is 9.59 Å². The summed E-state index contributed by atoms with van der Waals surface area (Å²) in [7, 11) is 1.24. The van der Waals surface area contributed by atoms with Crippen LogP contribution in [0.25, 0.3) is 11.4 Å². The zero-order valence-electron chi connectivity index (χ0n) is 16.8. The van der Waals surface area contributed by atoms with Crippen LogP contribution in [0.3, 0.4) is 0 Å². The Morgan fingerprint density at radius 1 is 1.17 bits per heavy atom. The van der Waals surface area contributed by atoms with Crippen molar-refractivity contribution >= 4 is 11.9 Å². The highest BCUT2D eigenvalue weighted by molar-refractivity contribution is 5.87. The maximum absolute atomic E-state index is 12.4. The van der Waals surface area contributed by atoms with Crippen molar-refractivity contribution in [2.24, 2.45) is 0 Å². The molecular weight excluding hydrogens is 382 g/mol. The van der Waals surface area contributed by atoms with Crippen molar-refractivity contribution in [1.82, 2.24) is 20.1 Å². The molecule has 0 aliphatic heterocycles. The Balaban J connectivity index is 1.76. The molecule has 0 radical (unpaired) electrons. The summed E-state index contributed by atoms with van der Waals surface area (Å²) in [6.07, 6.45) is 0.918. The third kappa shape index (κ3) is 4.89. The average Bonchev–Trinajstić information content (AvgIpc) is 3.21. The summed E-state index contributed by atoms with van der Waals surface area (Å²) >= 11 is 0. The van der Waals surface area contributed by atoms with E-state index in [2.05, 4.69) is 22.3 Å². The largest absolute Gasteiger partial charge is 0.463 e. The molecule has 0 spiro atoms. The monoisotopic (exact) mass is 403 g/mol. The van der Waals surface area contributed by atoms with Crippen LogP contribution in [-0.4, -0.2) is 33.8 Å². The van der Waals surface area contributed by atoms with Gasteiger partial charge in [-0.3, -0.25) is 4.79 Å². The zero-order valence-corrected chi connectivity index (χ0v) is 16.8. The molecule has 0 aliphatic carbocycles. The van der Waals surface area contributed by atoms with Crippen molar-refractivity contribution < 1.29 is 14.3 Å². The molecule has 1 amide bonds. The lowest BCUT2D eigenvalue weighted by Gasteiger charge is -2.08. The van der Waals surface area contributed by atoms with Gasteiger partial charge in [-0.05, 0) is 41.8 Å². The second-order valence-corrected chi connectivity index (χ2v) is 6.55. The van der Waals surface area contributed by atoms with Crippen LogP contribution in [0.5, 0.6) is 0 Å². The number of hydrogen-bond acceptors (Lipinski definition) is 6. The number of carbonyl (C=O) groups excluding carboxylic acids is 2. The number of nitriles is 1. The molecule has 2 aromatic carbocycles. The fraction of sp³-hybridized carbons (Fsp3) is 0.227. The van der Waals surface area contributed by atoms with Crippen molar-refractivity contribution in [3.63, 3.8) is 0 Å². The number of amides is 1. The van der Waals surface area contributed by atoms with E-state index in [-0.39, 0.29) is 24.1 Å². The molecule has 152 valence electrons. The first-order valence-corrected chi connectivity index (χ1v) is 9.42. The van der Waals surface area contributed by atoms with Gasteiger partial charge >= 0.3 is 5.97 Å². The van der Waals surface area contributed by atoms with Crippen molar-refractivity contribution in [2.75, 3.05) is 7.11 Å². The van der Waals surface area contributed by atoms with Gasteiger partial charge in [0.2, 0.25) is 11.7 Å². The summed E-state index contributed by atoms with van der Waals surface area (Å²) in [5.41, 5.74) is 3.30. The smallest absolute Gasteiger partial charge is 0.375 e. The summed E-state index contributed by atoms with van der Waals surface area (Å²) in [4.78, 5) is 28.8. The molecule has 0 aliphatic rings. The van der Waals surface area contributed by atoms with E-state index in [0.717, 1.165) is 12.0 Å². The lowest BCUT2D eigenvalue weighted by molar-refractivity contribution is -0.122. The molecule has 0 atom stereocenters. The van der Waals surface area contributed by atoms with Crippen molar-refractivity contribution in [3.05, 3.63) is 71.0 Å². The molecule has 8 nitrogen and oxygen atoms in total. The summed E-state index contributed by atoms with van der Waals surface area (Å²) in [5, 5.41) is 16.0. The normalized spacial score (nSPS) is 10.3. The SMILES string of the molecule is CCc1cccc(CNC(=O)Cn2nc(-c3ccc(C#N)cc3)nc2C(=O)OC)c1. The topological polar surface area (TPSA) is 110 Å². The molecule has 3 rings (SSSR count). The first kappa shape index (κ1) is 20.7. The number of hydrogen-bond donors (Lipinski definition) is 1. The quantitative estimate of drug-likeness (QED) is 0.607. The highest BCUT2D eigenvalue weighted by Crippen LogP contribution is 2.17. The first-order valence-electron chi connectivity index (χ1n) is 9.42. The second kappa shape index (κ2) is 9.47. The van der Waals surface area contributed by atoms with Gasteiger partial charge < -0.3 is 10.1 Å². The minimum absolute atomic E-state index is 0.0695. The van der Waals surface area contributed by atoms with Crippen LogP contribution < -0.4 is 5.32 Å². The summed E-state index contributed by atoms with van der Waals surface area (Å²) in [5.74, 6) is -0.799. The Labute approximate surface area is 174 Å². The van der Waals surface area contributed by atoms with Crippen LogP contribution in [0.4, 0.5) is 0 Å². The molecule has 0 bridgehead atoms. The number of nitrogens with zero attached hydrogens (tertiary/aromatic N) is 4. The molecule has 0 unspecified atom stereocenters. The third-order valence-electron chi connectivity index (χ3n) is 4.49. The number of esters is 1. The van der Waals surface area contributed by atoms with E-state index >= 15 is 0 Å². The van der Waals surface area contributed by atoms with Gasteiger partial charge in [0.1, 0.15) is 6.54 Å². The van der Waals surface area contributed by atoms with E-state index in [0.29, 0.717) is 17.7 Å². The summed E-state index contributed by atoms with van der Waals surface area (Å²) in [6, 6.07) is 16.6. The number of nitrogens with one attached hydrogen (secondary N) is 1. The number of aromatic nitrogens is 3. The minimum atomic E-state index is -0.689. The minimum Gasteiger partial charge on any atom is -0.463 e. The van der Waals surface area contributed by atoms with E-state index in [1.807, 2.05) is 30.3 Å². The number of methoxy groups -OCH3 is 1. The summed E-state index contributed by atoms with van der Waals surface area (Å²) in [6.45, 7) is 2.26. The number of carbonyl (C=O) groups is 2. The lowest BCUT2D eigenvalue weighted by atomic mass is 10.1. The van der Waals surface area contributed by atoms with E-state index in [1.54, 1.807) is 24.3 Å². The summed E-state index contributed by atoms with van der Waals surface area (Å²) < 4.78 is 5.98. The van der Waals surface area contributed by atoms with Gasteiger partial charge in [0.25, 0.3) is 0 Å². The van der Waals surface area contributed by atoms with Gasteiger partial charge in [-0.15, -0.1) is 5.10 Å². The maximum Gasteiger partial charge on any atom is 0.375 e. The Morgan fingerprint density at radius 2 is 1.90 bits per heavy atom. The van der Waals surface area contributed by atoms with Crippen molar-refractivity contribution in [2.45, 2.75) is 26.4 Å². The Kier molecular flexibility index (Phi) is 6.55. The van der Waals surface area contributed by atoms with E-state index in [4.69, 9.17) is 10.00 Å². The van der Waals surface area contributed by atoms with Gasteiger partial charge in [-0.1, -0.05) is 31.2 Å². The third-order valence-corrected chi connectivity index (χ3v) is 4.49. The Bertz CT molecular complexity index is 1100.